The Labute approximate surface area is 158 Å². The van der Waals surface area contributed by atoms with Gasteiger partial charge in [0.1, 0.15) is 0 Å². The van der Waals surface area contributed by atoms with Gasteiger partial charge >= 0.3 is 158 Å². The van der Waals surface area contributed by atoms with Crippen LogP contribution >= 0.6 is 0 Å². The number of unbranched alkanes of at least 4 members (excludes halogenated alkanes) is 3. The fraction of sp³-hybridized carbons (Fsp3) is 0.700. The van der Waals surface area contributed by atoms with E-state index in [0.717, 1.165) is 51.8 Å². The van der Waals surface area contributed by atoms with Gasteiger partial charge in [-0.15, -0.1) is 0 Å². The summed E-state index contributed by atoms with van der Waals surface area (Å²) in [4.78, 5) is 0. The van der Waals surface area contributed by atoms with Crippen LogP contribution in [0.1, 0.15) is 64.9 Å². The molecule has 150 valence electrons. The second-order valence-electron chi connectivity index (χ2n) is 7.36. The molecule has 0 heterocycles. The molecule has 0 atom stereocenters. The summed E-state index contributed by atoms with van der Waals surface area (Å²) in [5.41, 5.74) is -0.619. The second-order valence-corrected chi connectivity index (χ2v) is 21.6. The van der Waals surface area contributed by atoms with Crippen LogP contribution < -0.4 is 0 Å². The molecule has 0 bridgehead atoms. The van der Waals surface area contributed by atoms with E-state index >= 15 is 0 Å². The Morgan fingerprint density at radius 2 is 0.885 bits per heavy atom. The molecule has 0 N–H and O–H groups in total. The van der Waals surface area contributed by atoms with Crippen molar-refractivity contribution in [2.45, 2.75) is 83.5 Å². The van der Waals surface area contributed by atoms with Crippen LogP contribution in [0.2, 0.25) is 17.7 Å². The molecule has 0 saturated heterocycles. The Morgan fingerprint density at radius 1 is 0.538 bits per heavy atom. The van der Waals surface area contributed by atoms with Crippen molar-refractivity contribution in [1.82, 2.24) is 0 Å². The average Bonchev–Trinajstić information content (AvgIpc) is 2.65. The molecule has 0 unspecified atom stereocenters. The molecule has 0 radical (unpaired) electrons. The Hall–Kier alpha value is -0.331. The summed E-state index contributed by atoms with van der Waals surface area (Å²) in [6, 6.07) is 0. The van der Waals surface area contributed by atoms with Crippen LogP contribution in [0.25, 0.3) is 0 Å². The minimum absolute atomic E-state index is 0.0288. The molecule has 0 amide bonds. The summed E-state index contributed by atoms with van der Waals surface area (Å²) in [5, 5.41) is 0. The molecule has 1 aromatic carbocycles. The molecular formula is C20H31F5Sn. The van der Waals surface area contributed by atoms with Crippen molar-refractivity contribution >= 4 is 18.4 Å². The third kappa shape index (κ3) is 6.10. The van der Waals surface area contributed by atoms with E-state index in [-0.39, 0.29) is 6.42 Å². The van der Waals surface area contributed by atoms with E-state index in [1.807, 2.05) is 0 Å². The van der Waals surface area contributed by atoms with Gasteiger partial charge in [0.2, 0.25) is 0 Å². The van der Waals surface area contributed by atoms with E-state index in [2.05, 4.69) is 20.8 Å². The van der Waals surface area contributed by atoms with Gasteiger partial charge in [-0.05, 0) is 0 Å². The molecule has 0 saturated carbocycles. The van der Waals surface area contributed by atoms with Gasteiger partial charge < -0.3 is 0 Å². The first-order valence-corrected chi connectivity index (χ1v) is 17.9. The SMILES string of the molecule is CCC[CH2][Sn]([CH2]CCC)([CH2]CCC)[CH2]Cc1c(F)c(F)c(F)c(F)c1F. The Balaban J connectivity index is 3.11. The van der Waals surface area contributed by atoms with E-state index in [1.165, 1.54) is 0 Å². The van der Waals surface area contributed by atoms with E-state index < -0.39 is 53.0 Å². The zero-order chi connectivity index (χ0) is 19.7. The summed E-state index contributed by atoms with van der Waals surface area (Å²) in [5.74, 6) is -9.02. The van der Waals surface area contributed by atoms with Crippen LogP contribution in [0.3, 0.4) is 0 Å². The van der Waals surface area contributed by atoms with Crippen molar-refractivity contribution in [3.05, 3.63) is 34.6 Å². The molecule has 6 heteroatoms. The third-order valence-electron chi connectivity index (χ3n) is 5.39. The summed E-state index contributed by atoms with van der Waals surface area (Å²) < 4.78 is 72.4. The van der Waals surface area contributed by atoms with Crippen LogP contribution in [0.5, 0.6) is 0 Å². The Morgan fingerprint density at radius 3 is 1.23 bits per heavy atom. The number of hydrogen-bond donors (Lipinski definition) is 0. The van der Waals surface area contributed by atoms with Crippen molar-refractivity contribution in [1.29, 1.82) is 0 Å². The number of halogens is 5. The normalized spacial score (nSPS) is 12.0. The first kappa shape index (κ1) is 23.7. The van der Waals surface area contributed by atoms with Gasteiger partial charge in [0.25, 0.3) is 0 Å². The molecule has 0 fully saturated rings. The zero-order valence-corrected chi connectivity index (χ0v) is 19.0. The molecule has 1 rings (SSSR count). The average molecular weight is 485 g/mol. The molecule has 0 aliphatic carbocycles. The predicted octanol–water partition coefficient (Wildman–Crippen LogP) is 7.77. The van der Waals surface area contributed by atoms with Crippen molar-refractivity contribution in [2.24, 2.45) is 0 Å². The van der Waals surface area contributed by atoms with E-state index in [9.17, 15) is 22.0 Å². The van der Waals surface area contributed by atoms with Crippen molar-refractivity contribution in [3.63, 3.8) is 0 Å². The summed E-state index contributed by atoms with van der Waals surface area (Å²) in [7, 11) is 0. The fourth-order valence-electron chi connectivity index (χ4n) is 3.67. The number of rotatable bonds is 12. The maximum absolute atomic E-state index is 14.0. The van der Waals surface area contributed by atoms with Gasteiger partial charge in [-0.25, -0.2) is 0 Å². The quantitative estimate of drug-likeness (QED) is 0.123. The Kier molecular flexibility index (Phi) is 10.5. The van der Waals surface area contributed by atoms with Crippen LogP contribution in [0.15, 0.2) is 0 Å². The summed E-state index contributed by atoms with van der Waals surface area (Å²) >= 11 is -2.68. The predicted molar refractivity (Wildman–Crippen MR) is 99.6 cm³/mol. The molecule has 0 aliphatic rings. The fourth-order valence-corrected chi connectivity index (χ4v) is 19.6. The van der Waals surface area contributed by atoms with Crippen LogP contribution in [0.4, 0.5) is 22.0 Å². The summed E-state index contributed by atoms with van der Waals surface area (Å²) in [6.45, 7) is 6.38. The van der Waals surface area contributed by atoms with Crippen molar-refractivity contribution in [2.75, 3.05) is 0 Å². The van der Waals surface area contributed by atoms with Gasteiger partial charge in [-0.2, -0.15) is 0 Å². The first-order chi connectivity index (χ1) is 12.3. The second kappa shape index (κ2) is 11.5. The van der Waals surface area contributed by atoms with Crippen LogP contribution in [0, 0.1) is 29.1 Å². The molecule has 0 aromatic heterocycles. The standard InChI is InChI=1S/C8H4F5.3C4H9.Sn/c1-2-3-4(9)6(11)8(13)7(12)5(3)10;3*1-3-4-2;/h1-2H2;3*1,3-4H2,2H3;. The maximum atomic E-state index is 14.0. The van der Waals surface area contributed by atoms with Crippen LogP contribution in [-0.2, 0) is 6.42 Å². The molecule has 0 spiro atoms. The van der Waals surface area contributed by atoms with E-state index in [1.54, 1.807) is 0 Å². The molecule has 1 aromatic rings. The van der Waals surface area contributed by atoms with Gasteiger partial charge in [-0.1, -0.05) is 0 Å². The van der Waals surface area contributed by atoms with Crippen LogP contribution in [-0.4, -0.2) is 18.4 Å². The van der Waals surface area contributed by atoms with Crippen molar-refractivity contribution < 1.29 is 22.0 Å². The van der Waals surface area contributed by atoms with Gasteiger partial charge in [-0.3, -0.25) is 0 Å². The van der Waals surface area contributed by atoms with Crippen molar-refractivity contribution in [3.8, 4) is 0 Å². The minimum atomic E-state index is -2.68. The molecule has 0 aliphatic heterocycles. The molecule has 26 heavy (non-hydrogen) atoms. The summed E-state index contributed by atoms with van der Waals surface area (Å²) in [6.07, 6.45) is 6.47. The molecule has 0 nitrogen and oxygen atoms in total. The van der Waals surface area contributed by atoms with E-state index in [0.29, 0.717) is 4.44 Å². The number of hydrogen-bond acceptors (Lipinski definition) is 0. The third-order valence-corrected chi connectivity index (χ3v) is 21.2. The zero-order valence-electron chi connectivity index (χ0n) is 16.2. The Bertz CT molecular complexity index is 523. The number of benzene rings is 1. The topological polar surface area (TPSA) is 0 Å². The molecular weight excluding hydrogens is 454 g/mol. The van der Waals surface area contributed by atoms with Gasteiger partial charge in [0.05, 0.1) is 0 Å². The van der Waals surface area contributed by atoms with E-state index in [4.69, 9.17) is 0 Å². The first-order valence-electron chi connectivity index (χ1n) is 9.83. The van der Waals surface area contributed by atoms with Gasteiger partial charge in [0.15, 0.2) is 0 Å². The van der Waals surface area contributed by atoms with Gasteiger partial charge in [0, 0.05) is 0 Å². The monoisotopic (exact) mass is 486 g/mol.